The van der Waals surface area contributed by atoms with Gasteiger partial charge in [-0.15, -0.1) is 11.3 Å². The second kappa shape index (κ2) is 5.13. The highest BCUT2D eigenvalue weighted by atomic mass is 32.1. The van der Waals surface area contributed by atoms with E-state index in [1.807, 2.05) is 22.9 Å². The van der Waals surface area contributed by atoms with E-state index in [1.165, 1.54) is 11.3 Å². The second-order valence-corrected chi connectivity index (χ2v) is 5.34. The van der Waals surface area contributed by atoms with Gasteiger partial charge in [-0.1, -0.05) is 0 Å². The average Bonchev–Trinajstić information content (AvgIpc) is 2.97. The average molecular weight is 306 g/mol. The normalized spacial score (nSPS) is 11.0. The fourth-order valence-electron chi connectivity index (χ4n) is 2.14. The van der Waals surface area contributed by atoms with Gasteiger partial charge in [-0.05, 0) is 13.0 Å². The summed E-state index contributed by atoms with van der Waals surface area (Å²) >= 11 is 1.51. The van der Waals surface area contributed by atoms with E-state index in [0.29, 0.717) is 6.54 Å². The number of imidazole rings is 1. The number of halogens is 1. The van der Waals surface area contributed by atoms with Crippen molar-refractivity contribution in [2.24, 2.45) is 0 Å². The zero-order valence-electron chi connectivity index (χ0n) is 11.0. The van der Waals surface area contributed by atoms with Gasteiger partial charge in [0.15, 0.2) is 4.96 Å². The summed E-state index contributed by atoms with van der Waals surface area (Å²) in [4.78, 5) is 15.7. The predicted molar refractivity (Wildman–Crippen MR) is 78.2 cm³/mol. The molecular weight excluding hydrogens is 295 g/mol. The summed E-state index contributed by atoms with van der Waals surface area (Å²) in [5.41, 5.74) is 1.74. The Morgan fingerprint density at radius 1 is 1.52 bits per heavy atom. The molecule has 3 rings (SSSR count). The van der Waals surface area contributed by atoms with Crippen LogP contribution in [0.3, 0.4) is 0 Å². The maximum Gasteiger partial charge on any atom is 0.292 e. The van der Waals surface area contributed by atoms with Crippen molar-refractivity contribution in [2.75, 3.05) is 5.32 Å². The first-order chi connectivity index (χ1) is 10.1. The molecule has 0 spiro atoms. The van der Waals surface area contributed by atoms with Crippen LogP contribution in [0.4, 0.5) is 15.8 Å². The molecule has 0 amide bonds. The summed E-state index contributed by atoms with van der Waals surface area (Å²) in [5.74, 6) is -0.520. The topological polar surface area (TPSA) is 72.5 Å². The maximum absolute atomic E-state index is 13.3. The van der Waals surface area contributed by atoms with Crippen LogP contribution in [0.25, 0.3) is 4.96 Å². The molecule has 6 nitrogen and oxygen atoms in total. The van der Waals surface area contributed by atoms with Crippen LogP contribution in [0.1, 0.15) is 11.4 Å². The van der Waals surface area contributed by atoms with Crippen molar-refractivity contribution in [3.63, 3.8) is 0 Å². The van der Waals surface area contributed by atoms with Gasteiger partial charge < -0.3 is 5.32 Å². The molecule has 0 bridgehead atoms. The van der Waals surface area contributed by atoms with Gasteiger partial charge in [0.2, 0.25) is 0 Å². The fraction of sp³-hybridized carbons (Fsp3) is 0.154. The molecule has 0 radical (unpaired) electrons. The zero-order valence-corrected chi connectivity index (χ0v) is 11.9. The summed E-state index contributed by atoms with van der Waals surface area (Å²) in [6.45, 7) is 2.20. The van der Waals surface area contributed by atoms with Gasteiger partial charge in [-0.2, -0.15) is 0 Å². The molecule has 108 valence electrons. The van der Waals surface area contributed by atoms with Gasteiger partial charge in [-0.25, -0.2) is 9.37 Å². The standard InChI is InChI=1S/C13H11FN4O2S/c1-8-12(17-4-5-21-13(17)16-8)7-15-10-6-9(14)2-3-11(10)18(19)20/h2-6,15H,7H2,1H3. The van der Waals surface area contributed by atoms with Gasteiger partial charge in [0.25, 0.3) is 5.69 Å². The lowest BCUT2D eigenvalue weighted by molar-refractivity contribution is -0.384. The number of aryl methyl sites for hydroxylation is 1. The molecule has 1 N–H and O–H groups in total. The SMILES string of the molecule is Cc1nc2sccn2c1CNc1cc(F)ccc1[N+](=O)[O-]. The maximum atomic E-state index is 13.3. The van der Waals surface area contributed by atoms with Crippen LogP contribution >= 0.6 is 11.3 Å². The van der Waals surface area contributed by atoms with Crippen molar-refractivity contribution >= 4 is 27.7 Å². The minimum Gasteiger partial charge on any atom is -0.374 e. The molecule has 21 heavy (non-hydrogen) atoms. The largest absolute Gasteiger partial charge is 0.374 e. The quantitative estimate of drug-likeness (QED) is 0.592. The van der Waals surface area contributed by atoms with Crippen molar-refractivity contribution in [1.82, 2.24) is 9.38 Å². The summed E-state index contributed by atoms with van der Waals surface area (Å²) in [6, 6.07) is 3.35. The van der Waals surface area contributed by atoms with E-state index in [4.69, 9.17) is 0 Å². The minimum atomic E-state index is -0.537. The van der Waals surface area contributed by atoms with E-state index in [-0.39, 0.29) is 11.4 Å². The number of thiazole rings is 1. The lowest BCUT2D eigenvalue weighted by Crippen LogP contribution is -2.06. The lowest BCUT2D eigenvalue weighted by atomic mass is 10.2. The summed E-state index contributed by atoms with van der Waals surface area (Å²) in [7, 11) is 0. The molecule has 0 saturated heterocycles. The van der Waals surface area contributed by atoms with E-state index < -0.39 is 10.7 Å². The number of benzene rings is 1. The molecule has 0 atom stereocenters. The van der Waals surface area contributed by atoms with Crippen LogP contribution in [0.2, 0.25) is 0 Å². The van der Waals surface area contributed by atoms with Crippen molar-refractivity contribution in [3.05, 3.63) is 57.1 Å². The smallest absolute Gasteiger partial charge is 0.292 e. The van der Waals surface area contributed by atoms with Gasteiger partial charge in [0.1, 0.15) is 11.5 Å². The molecule has 8 heteroatoms. The van der Waals surface area contributed by atoms with Crippen LogP contribution in [-0.4, -0.2) is 14.3 Å². The van der Waals surface area contributed by atoms with E-state index in [1.54, 1.807) is 0 Å². The Kier molecular flexibility index (Phi) is 3.30. The Morgan fingerprint density at radius 3 is 3.10 bits per heavy atom. The Morgan fingerprint density at radius 2 is 2.33 bits per heavy atom. The number of anilines is 1. The number of fused-ring (bicyclic) bond motifs is 1. The van der Waals surface area contributed by atoms with Crippen molar-refractivity contribution in [1.29, 1.82) is 0 Å². The fourth-order valence-corrected chi connectivity index (χ4v) is 2.92. The monoisotopic (exact) mass is 306 g/mol. The van der Waals surface area contributed by atoms with Crippen LogP contribution in [0.5, 0.6) is 0 Å². The number of hydrogen-bond acceptors (Lipinski definition) is 5. The van der Waals surface area contributed by atoms with E-state index >= 15 is 0 Å². The predicted octanol–water partition coefficient (Wildman–Crippen LogP) is 3.36. The molecule has 1 aromatic carbocycles. The van der Waals surface area contributed by atoms with E-state index in [2.05, 4.69) is 10.3 Å². The summed E-state index contributed by atoms with van der Waals surface area (Å²) < 4.78 is 15.2. The zero-order chi connectivity index (χ0) is 15.0. The van der Waals surface area contributed by atoms with Crippen molar-refractivity contribution < 1.29 is 9.31 Å². The van der Waals surface area contributed by atoms with Crippen LogP contribution < -0.4 is 5.32 Å². The molecule has 0 fully saturated rings. The number of nitro benzene ring substituents is 1. The Balaban J connectivity index is 1.91. The van der Waals surface area contributed by atoms with Gasteiger partial charge in [-0.3, -0.25) is 14.5 Å². The van der Waals surface area contributed by atoms with Gasteiger partial charge >= 0.3 is 0 Å². The van der Waals surface area contributed by atoms with Gasteiger partial charge in [0, 0.05) is 23.7 Å². The summed E-state index contributed by atoms with van der Waals surface area (Å²) in [6.07, 6.45) is 1.89. The first-order valence-corrected chi connectivity index (χ1v) is 7.03. The number of nitrogens with one attached hydrogen (secondary N) is 1. The van der Waals surface area contributed by atoms with E-state index in [0.717, 1.165) is 34.5 Å². The third-order valence-corrected chi connectivity index (χ3v) is 3.92. The van der Waals surface area contributed by atoms with Crippen LogP contribution in [0.15, 0.2) is 29.8 Å². The first-order valence-electron chi connectivity index (χ1n) is 6.15. The number of rotatable bonds is 4. The number of nitro groups is 1. The molecule has 2 aromatic heterocycles. The number of nitrogens with zero attached hydrogens (tertiary/aromatic N) is 3. The number of hydrogen-bond donors (Lipinski definition) is 1. The van der Waals surface area contributed by atoms with Gasteiger partial charge in [0.05, 0.1) is 22.9 Å². The molecule has 0 saturated carbocycles. The minimum absolute atomic E-state index is 0.153. The molecule has 0 aliphatic heterocycles. The molecule has 3 aromatic rings. The molecule has 0 aliphatic carbocycles. The second-order valence-electron chi connectivity index (χ2n) is 4.47. The third kappa shape index (κ3) is 2.45. The Bertz CT molecular complexity index is 827. The lowest BCUT2D eigenvalue weighted by Gasteiger charge is -2.07. The molecule has 2 heterocycles. The third-order valence-electron chi connectivity index (χ3n) is 3.16. The Labute approximate surface area is 123 Å². The molecular formula is C13H11FN4O2S. The van der Waals surface area contributed by atoms with Crippen LogP contribution in [-0.2, 0) is 6.54 Å². The Hall–Kier alpha value is -2.48. The van der Waals surface area contributed by atoms with Crippen molar-refractivity contribution in [2.45, 2.75) is 13.5 Å². The highest BCUT2D eigenvalue weighted by Gasteiger charge is 2.16. The van der Waals surface area contributed by atoms with Crippen molar-refractivity contribution in [3.8, 4) is 0 Å². The van der Waals surface area contributed by atoms with E-state index in [9.17, 15) is 14.5 Å². The highest BCUT2D eigenvalue weighted by molar-refractivity contribution is 7.15. The molecule has 0 unspecified atom stereocenters. The first kappa shape index (κ1) is 13.5. The summed E-state index contributed by atoms with van der Waals surface area (Å²) in [5, 5.41) is 15.8. The van der Waals surface area contributed by atoms with Crippen LogP contribution in [0, 0.1) is 22.9 Å². The highest BCUT2D eigenvalue weighted by Crippen LogP contribution is 2.26. The number of aromatic nitrogens is 2. The molecule has 0 aliphatic rings.